The number of nitrogens with zero attached hydrogens (tertiary/aromatic N) is 2. The first-order valence-electron chi connectivity index (χ1n) is 9.60. The van der Waals surface area contributed by atoms with Gasteiger partial charge in [-0.3, -0.25) is 9.98 Å². The van der Waals surface area contributed by atoms with Gasteiger partial charge in [0.1, 0.15) is 0 Å². The minimum absolute atomic E-state index is 0. The van der Waals surface area contributed by atoms with Crippen molar-refractivity contribution in [1.29, 1.82) is 0 Å². The van der Waals surface area contributed by atoms with Crippen LogP contribution in [0.1, 0.15) is 24.5 Å². The zero-order chi connectivity index (χ0) is 18.9. The molecule has 0 aliphatic carbocycles. The molecule has 1 unspecified atom stereocenters. The van der Waals surface area contributed by atoms with Crippen LogP contribution < -0.4 is 10.6 Å². The summed E-state index contributed by atoms with van der Waals surface area (Å²) in [6.45, 7) is 3.02. The van der Waals surface area contributed by atoms with Crippen LogP contribution >= 0.6 is 24.0 Å². The third-order valence-electron chi connectivity index (χ3n) is 4.72. The molecule has 0 fully saturated rings. The zero-order valence-electron chi connectivity index (χ0n) is 16.6. The van der Waals surface area contributed by atoms with Gasteiger partial charge >= 0.3 is 0 Å². The maximum atomic E-state index is 4.53. The highest BCUT2D eigenvalue weighted by molar-refractivity contribution is 14.0. The summed E-state index contributed by atoms with van der Waals surface area (Å²) in [5.74, 6) is 0.851. The lowest BCUT2D eigenvalue weighted by Crippen LogP contribution is -2.43. The summed E-state index contributed by atoms with van der Waals surface area (Å²) in [5.41, 5.74) is 3.71. The van der Waals surface area contributed by atoms with Gasteiger partial charge in [0, 0.05) is 31.2 Å². The predicted molar refractivity (Wildman–Crippen MR) is 130 cm³/mol. The lowest BCUT2D eigenvalue weighted by molar-refractivity contribution is 0.593. The zero-order valence-corrected chi connectivity index (χ0v) is 18.9. The summed E-state index contributed by atoms with van der Waals surface area (Å²) in [4.78, 5) is 8.88. The van der Waals surface area contributed by atoms with Gasteiger partial charge in [0.25, 0.3) is 0 Å². The van der Waals surface area contributed by atoms with Crippen molar-refractivity contribution in [3.8, 4) is 0 Å². The fourth-order valence-corrected chi connectivity index (χ4v) is 3.21. The number of hydrogen-bond acceptors (Lipinski definition) is 2. The molecule has 0 aliphatic rings. The monoisotopic (exact) mass is 488 g/mol. The quantitative estimate of drug-likeness (QED) is 0.291. The first kappa shape index (κ1) is 22.1. The van der Waals surface area contributed by atoms with Gasteiger partial charge in [0.15, 0.2) is 5.96 Å². The van der Waals surface area contributed by atoms with Crippen molar-refractivity contribution in [2.45, 2.75) is 32.2 Å². The Hall–Kier alpha value is -2.15. The number of aromatic nitrogens is 1. The van der Waals surface area contributed by atoms with Crippen molar-refractivity contribution in [2.75, 3.05) is 13.6 Å². The van der Waals surface area contributed by atoms with Gasteiger partial charge < -0.3 is 10.6 Å². The molecule has 1 atom stereocenters. The second kappa shape index (κ2) is 11.6. The molecule has 148 valence electrons. The number of aryl methyl sites for hydroxylation is 1. The normalized spacial score (nSPS) is 12.3. The summed E-state index contributed by atoms with van der Waals surface area (Å²) in [5, 5.41) is 8.09. The number of halogens is 1. The standard InChI is InChI=1S/C23H28N4.HI/c1-18(13-14-19-8-4-3-5-9-19)27-23(24-2)26-17-15-21-11-6-10-20-12-7-16-25-22(20)21;/h3-12,16,18H,13-15,17H2,1-2H3,(H2,24,26,27);1H. The van der Waals surface area contributed by atoms with E-state index in [2.05, 4.69) is 82.1 Å². The number of rotatable bonds is 7. The molecule has 0 radical (unpaired) electrons. The molecule has 0 amide bonds. The van der Waals surface area contributed by atoms with Gasteiger partial charge in [-0.1, -0.05) is 54.6 Å². The second-order valence-electron chi connectivity index (χ2n) is 6.81. The van der Waals surface area contributed by atoms with E-state index < -0.39 is 0 Å². The molecule has 4 nitrogen and oxygen atoms in total. The molecule has 1 heterocycles. The summed E-state index contributed by atoms with van der Waals surface area (Å²) < 4.78 is 0. The average molecular weight is 488 g/mol. The number of para-hydroxylation sites is 1. The van der Waals surface area contributed by atoms with E-state index in [0.29, 0.717) is 6.04 Å². The molecular weight excluding hydrogens is 459 g/mol. The van der Waals surface area contributed by atoms with Crippen LogP contribution in [-0.2, 0) is 12.8 Å². The predicted octanol–water partition coefficient (Wildman–Crippen LogP) is 4.58. The van der Waals surface area contributed by atoms with Crippen LogP contribution in [0.4, 0.5) is 0 Å². The SMILES string of the molecule is CN=C(NCCc1cccc2cccnc12)NC(C)CCc1ccccc1.I. The molecule has 3 rings (SSSR count). The third-order valence-corrected chi connectivity index (χ3v) is 4.72. The fourth-order valence-electron chi connectivity index (χ4n) is 3.21. The summed E-state index contributed by atoms with van der Waals surface area (Å²) >= 11 is 0. The molecule has 0 saturated heterocycles. The van der Waals surface area contributed by atoms with Crippen molar-refractivity contribution >= 4 is 40.8 Å². The Labute approximate surface area is 184 Å². The topological polar surface area (TPSA) is 49.3 Å². The molecule has 3 aromatic rings. The van der Waals surface area contributed by atoms with Crippen molar-refractivity contribution in [3.63, 3.8) is 0 Å². The smallest absolute Gasteiger partial charge is 0.191 e. The van der Waals surface area contributed by atoms with Gasteiger partial charge in [-0.25, -0.2) is 0 Å². The van der Waals surface area contributed by atoms with Crippen molar-refractivity contribution in [2.24, 2.45) is 4.99 Å². The number of fused-ring (bicyclic) bond motifs is 1. The number of guanidine groups is 1. The first-order chi connectivity index (χ1) is 13.3. The van der Waals surface area contributed by atoms with E-state index in [9.17, 15) is 0 Å². The number of pyridine rings is 1. The lowest BCUT2D eigenvalue weighted by Gasteiger charge is -2.18. The number of benzene rings is 2. The second-order valence-corrected chi connectivity index (χ2v) is 6.81. The van der Waals surface area contributed by atoms with Gasteiger partial charge in [-0.05, 0) is 43.4 Å². The molecule has 0 aliphatic heterocycles. The van der Waals surface area contributed by atoms with Crippen LogP contribution in [0.2, 0.25) is 0 Å². The molecule has 2 aromatic carbocycles. The van der Waals surface area contributed by atoms with E-state index >= 15 is 0 Å². The van der Waals surface area contributed by atoms with Gasteiger partial charge in [-0.15, -0.1) is 24.0 Å². The maximum Gasteiger partial charge on any atom is 0.191 e. The van der Waals surface area contributed by atoms with Gasteiger partial charge in [-0.2, -0.15) is 0 Å². The Balaban J connectivity index is 0.00000280. The molecule has 5 heteroatoms. The average Bonchev–Trinajstić information content (AvgIpc) is 2.72. The number of hydrogen-bond donors (Lipinski definition) is 2. The molecule has 0 spiro atoms. The number of aliphatic imine (C=N–C) groups is 1. The molecule has 0 bridgehead atoms. The first-order valence-corrected chi connectivity index (χ1v) is 9.60. The van der Waals surface area contributed by atoms with Crippen LogP contribution in [0.3, 0.4) is 0 Å². The molecular formula is C23H29IN4. The Morgan fingerprint density at radius 1 is 1.00 bits per heavy atom. The lowest BCUT2D eigenvalue weighted by atomic mass is 10.1. The van der Waals surface area contributed by atoms with Crippen LogP contribution in [0.15, 0.2) is 71.9 Å². The highest BCUT2D eigenvalue weighted by Crippen LogP contribution is 2.15. The van der Waals surface area contributed by atoms with Gasteiger partial charge in [0.05, 0.1) is 5.52 Å². The summed E-state index contributed by atoms with van der Waals surface area (Å²) in [7, 11) is 1.82. The largest absolute Gasteiger partial charge is 0.356 e. The Kier molecular flexibility index (Phi) is 9.20. The van der Waals surface area contributed by atoms with E-state index in [-0.39, 0.29) is 24.0 Å². The fraction of sp³-hybridized carbons (Fsp3) is 0.304. The minimum atomic E-state index is 0. The van der Waals surface area contributed by atoms with Crippen LogP contribution in [-0.4, -0.2) is 30.6 Å². The van der Waals surface area contributed by atoms with E-state index in [4.69, 9.17) is 0 Å². The maximum absolute atomic E-state index is 4.53. The van der Waals surface area contributed by atoms with Crippen LogP contribution in [0.25, 0.3) is 10.9 Å². The molecule has 2 N–H and O–H groups in total. The summed E-state index contributed by atoms with van der Waals surface area (Å²) in [6, 6.07) is 21.4. The van der Waals surface area contributed by atoms with E-state index in [1.165, 1.54) is 16.5 Å². The Bertz CT molecular complexity index is 875. The van der Waals surface area contributed by atoms with Crippen molar-refractivity contribution in [3.05, 3.63) is 78.0 Å². The Morgan fingerprint density at radius 2 is 1.79 bits per heavy atom. The Morgan fingerprint density at radius 3 is 2.57 bits per heavy atom. The number of nitrogens with one attached hydrogen (secondary N) is 2. The highest BCUT2D eigenvalue weighted by atomic mass is 127. The van der Waals surface area contributed by atoms with Crippen molar-refractivity contribution in [1.82, 2.24) is 15.6 Å². The van der Waals surface area contributed by atoms with E-state index in [1.807, 2.05) is 19.3 Å². The minimum Gasteiger partial charge on any atom is -0.356 e. The highest BCUT2D eigenvalue weighted by Gasteiger charge is 2.06. The van der Waals surface area contributed by atoms with E-state index in [0.717, 1.165) is 37.3 Å². The summed E-state index contributed by atoms with van der Waals surface area (Å²) in [6.07, 6.45) is 4.90. The van der Waals surface area contributed by atoms with Crippen molar-refractivity contribution < 1.29 is 0 Å². The molecule has 0 saturated carbocycles. The molecule has 28 heavy (non-hydrogen) atoms. The van der Waals surface area contributed by atoms with Crippen LogP contribution in [0.5, 0.6) is 0 Å². The van der Waals surface area contributed by atoms with Gasteiger partial charge in [0.2, 0.25) is 0 Å². The third kappa shape index (κ3) is 6.48. The molecule has 1 aromatic heterocycles. The van der Waals surface area contributed by atoms with Crippen LogP contribution in [0, 0.1) is 0 Å². The van der Waals surface area contributed by atoms with E-state index in [1.54, 1.807) is 0 Å².